The number of aryl methyl sites for hydroxylation is 1. The predicted octanol–water partition coefficient (Wildman–Crippen LogP) is 2.29. The van der Waals surface area contributed by atoms with E-state index in [2.05, 4.69) is 31.6 Å². The van der Waals surface area contributed by atoms with Crippen molar-refractivity contribution in [2.45, 2.75) is 36.3 Å². The van der Waals surface area contributed by atoms with E-state index in [1.807, 2.05) is 19.3 Å². The van der Waals surface area contributed by atoms with Crippen LogP contribution in [-0.4, -0.2) is 25.9 Å². The third-order valence-corrected chi connectivity index (χ3v) is 3.86. The molecule has 0 aliphatic carbocycles. The Morgan fingerprint density at radius 1 is 1.33 bits per heavy atom. The van der Waals surface area contributed by atoms with Gasteiger partial charge in [0.15, 0.2) is 9.50 Å². The van der Waals surface area contributed by atoms with Crippen molar-refractivity contribution >= 4 is 23.3 Å². The molecule has 0 aliphatic rings. The van der Waals surface area contributed by atoms with E-state index in [1.165, 1.54) is 23.3 Å². The summed E-state index contributed by atoms with van der Waals surface area (Å²) in [5.41, 5.74) is 1.10. The summed E-state index contributed by atoms with van der Waals surface area (Å²) < 4.78 is 5.00. The van der Waals surface area contributed by atoms with Gasteiger partial charge in [0, 0.05) is 24.5 Å². The van der Waals surface area contributed by atoms with E-state index in [1.54, 1.807) is 0 Å². The second kappa shape index (κ2) is 6.77. The summed E-state index contributed by atoms with van der Waals surface area (Å²) >= 11 is 2.82. The highest BCUT2D eigenvalue weighted by atomic mass is 32.2. The molecule has 0 atom stereocenters. The topological polar surface area (TPSA) is 63.6 Å². The molecule has 2 aromatic rings. The highest BCUT2D eigenvalue weighted by Crippen LogP contribution is 2.25. The number of nitrogens with one attached hydrogen (secondary N) is 1. The Morgan fingerprint density at radius 2 is 2.11 bits per heavy atom. The van der Waals surface area contributed by atoms with Gasteiger partial charge in [-0.25, -0.2) is 15.0 Å². The van der Waals surface area contributed by atoms with Crippen LogP contribution in [0.15, 0.2) is 21.9 Å². The maximum atomic E-state index is 4.31. The van der Waals surface area contributed by atoms with Crippen molar-refractivity contribution in [1.29, 1.82) is 0 Å². The molecule has 96 valence electrons. The number of hydrogen-bond acceptors (Lipinski definition) is 7. The number of rotatable bonds is 6. The van der Waals surface area contributed by atoms with Crippen molar-refractivity contribution in [2.24, 2.45) is 0 Å². The summed E-state index contributed by atoms with van der Waals surface area (Å²) in [5, 5.41) is 4.03. The Bertz CT molecular complexity index is 482. The van der Waals surface area contributed by atoms with E-state index in [9.17, 15) is 0 Å². The molecule has 18 heavy (non-hydrogen) atoms. The first kappa shape index (κ1) is 13.4. The van der Waals surface area contributed by atoms with Crippen LogP contribution in [0.4, 0.5) is 0 Å². The van der Waals surface area contributed by atoms with Gasteiger partial charge in [-0.05, 0) is 43.2 Å². The number of nitrogens with zero attached hydrogens (tertiary/aromatic N) is 4. The summed E-state index contributed by atoms with van der Waals surface area (Å²) in [4.78, 5) is 12.9. The lowest BCUT2D eigenvalue weighted by atomic mass is 10.3. The van der Waals surface area contributed by atoms with Crippen LogP contribution >= 0.6 is 23.3 Å². The minimum absolute atomic E-state index is 0.713. The first-order valence-corrected chi connectivity index (χ1v) is 7.36. The van der Waals surface area contributed by atoms with Crippen LogP contribution in [-0.2, 0) is 6.54 Å². The molecule has 0 saturated carbocycles. The average molecular weight is 281 g/mol. The monoisotopic (exact) mass is 281 g/mol. The van der Waals surface area contributed by atoms with Gasteiger partial charge in [-0.1, -0.05) is 6.92 Å². The molecule has 2 rings (SSSR count). The van der Waals surface area contributed by atoms with Gasteiger partial charge in [0.25, 0.3) is 0 Å². The van der Waals surface area contributed by atoms with Gasteiger partial charge in [0.05, 0.1) is 0 Å². The fourth-order valence-corrected chi connectivity index (χ4v) is 2.75. The van der Waals surface area contributed by atoms with Gasteiger partial charge in [0.2, 0.25) is 0 Å². The van der Waals surface area contributed by atoms with Crippen molar-refractivity contribution in [3.63, 3.8) is 0 Å². The van der Waals surface area contributed by atoms with Gasteiger partial charge in [-0.2, -0.15) is 4.37 Å². The molecule has 1 N–H and O–H groups in total. The first-order chi connectivity index (χ1) is 8.78. The van der Waals surface area contributed by atoms with Crippen LogP contribution in [0.1, 0.15) is 24.7 Å². The summed E-state index contributed by atoms with van der Waals surface area (Å²) in [6.07, 6.45) is 4.84. The van der Waals surface area contributed by atoms with E-state index in [4.69, 9.17) is 0 Å². The zero-order valence-electron chi connectivity index (χ0n) is 10.4. The maximum Gasteiger partial charge on any atom is 0.194 e. The Hall–Kier alpha value is -1.05. The second-order valence-corrected chi connectivity index (χ2v) is 5.73. The van der Waals surface area contributed by atoms with Crippen molar-refractivity contribution in [2.75, 3.05) is 6.54 Å². The van der Waals surface area contributed by atoms with Crippen molar-refractivity contribution in [3.8, 4) is 0 Å². The SMILES string of the molecule is CCCNCc1cnc(Sc2nc(C)ns2)nc1. The van der Waals surface area contributed by atoms with E-state index in [0.717, 1.165) is 35.2 Å². The molecule has 0 aromatic carbocycles. The molecule has 0 amide bonds. The summed E-state index contributed by atoms with van der Waals surface area (Å²) in [7, 11) is 0. The molecule has 7 heteroatoms. The molecule has 0 radical (unpaired) electrons. The number of aromatic nitrogens is 4. The van der Waals surface area contributed by atoms with Gasteiger partial charge in [-0.3, -0.25) is 0 Å². The third kappa shape index (κ3) is 4.01. The standard InChI is InChI=1S/C11H15N5S2/c1-3-4-12-5-9-6-13-10(14-7-9)17-11-15-8(2)16-18-11/h6-7,12H,3-5H2,1-2H3. The lowest BCUT2D eigenvalue weighted by Gasteiger charge is -2.02. The predicted molar refractivity (Wildman–Crippen MR) is 72.8 cm³/mol. The molecule has 0 bridgehead atoms. The Labute approximate surface area is 115 Å². The summed E-state index contributed by atoms with van der Waals surface area (Å²) in [6.45, 7) is 5.86. The minimum atomic E-state index is 0.713. The summed E-state index contributed by atoms with van der Waals surface area (Å²) in [6, 6.07) is 0. The van der Waals surface area contributed by atoms with E-state index < -0.39 is 0 Å². The van der Waals surface area contributed by atoms with Crippen molar-refractivity contribution in [1.82, 2.24) is 24.6 Å². The zero-order chi connectivity index (χ0) is 12.8. The molecular weight excluding hydrogens is 266 g/mol. The average Bonchev–Trinajstić information content (AvgIpc) is 2.77. The van der Waals surface area contributed by atoms with E-state index in [-0.39, 0.29) is 0 Å². The molecule has 2 heterocycles. The Balaban J connectivity index is 1.91. The molecule has 5 nitrogen and oxygen atoms in total. The van der Waals surface area contributed by atoms with Crippen LogP contribution in [0.25, 0.3) is 0 Å². The molecule has 0 unspecified atom stereocenters. The van der Waals surface area contributed by atoms with Crippen LogP contribution in [0.3, 0.4) is 0 Å². The molecule has 0 fully saturated rings. The molecule has 2 aromatic heterocycles. The maximum absolute atomic E-state index is 4.31. The lowest BCUT2D eigenvalue weighted by Crippen LogP contribution is -2.14. The molecular formula is C11H15N5S2. The van der Waals surface area contributed by atoms with E-state index >= 15 is 0 Å². The highest BCUT2D eigenvalue weighted by molar-refractivity contribution is 8.00. The van der Waals surface area contributed by atoms with Gasteiger partial charge >= 0.3 is 0 Å². The molecule has 0 saturated heterocycles. The first-order valence-electron chi connectivity index (χ1n) is 5.77. The van der Waals surface area contributed by atoms with Gasteiger partial charge in [-0.15, -0.1) is 0 Å². The fourth-order valence-electron chi connectivity index (χ4n) is 1.29. The number of hydrogen-bond donors (Lipinski definition) is 1. The van der Waals surface area contributed by atoms with E-state index in [0.29, 0.717) is 5.16 Å². The quantitative estimate of drug-likeness (QED) is 0.647. The Kier molecular flexibility index (Phi) is 5.03. The molecule has 0 spiro atoms. The zero-order valence-corrected chi connectivity index (χ0v) is 12.0. The second-order valence-electron chi connectivity index (χ2n) is 3.76. The molecule has 0 aliphatic heterocycles. The Morgan fingerprint density at radius 3 is 2.72 bits per heavy atom. The van der Waals surface area contributed by atoms with Crippen molar-refractivity contribution < 1.29 is 0 Å². The van der Waals surface area contributed by atoms with Gasteiger partial charge < -0.3 is 5.32 Å². The van der Waals surface area contributed by atoms with Gasteiger partial charge in [0.1, 0.15) is 5.82 Å². The van der Waals surface area contributed by atoms with Crippen LogP contribution in [0, 0.1) is 6.92 Å². The van der Waals surface area contributed by atoms with Crippen LogP contribution in [0.2, 0.25) is 0 Å². The summed E-state index contributed by atoms with van der Waals surface area (Å²) in [5.74, 6) is 0.794. The van der Waals surface area contributed by atoms with Crippen molar-refractivity contribution in [3.05, 3.63) is 23.8 Å². The minimum Gasteiger partial charge on any atom is -0.313 e. The lowest BCUT2D eigenvalue weighted by molar-refractivity contribution is 0.669. The third-order valence-electron chi connectivity index (χ3n) is 2.13. The largest absolute Gasteiger partial charge is 0.313 e. The highest BCUT2D eigenvalue weighted by Gasteiger charge is 2.05. The smallest absolute Gasteiger partial charge is 0.194 e. The normalized spacial score (nSPS) is 10.8. The van der Waals surface area contributed by atoms with Crippen LogP contribution in [0.5, 0.6) is 0 Å². The fraction of sp³-hybridized carbons (Fsp3) is 0.455. The van der Waals surface area contributed by atoms with Crippen LogP contribution < -0.4 is 5.32 Å².